The second kappa shape index (κ2) is 4.64. The van der Waals surface area contributed by atoms with Gasteiger partial charge in [0.1, 0.15) is 5.78 Å². The van der Waals surface area contributed by atoms with Gasteiger partial charge in [-0.1, -0.05) is 13.8 Å². The number of carbonyl (C=O) groups is 3. The highest BCUT2D eigenvalue weighted by atomic mass is 16.5. The minimum atomic E-state index is -0.955. The molecule has 0 aliphatic heterocycles. The first-order valence-corrected chi connectivity index (χ1v) is 3.63. The highest BCUT2D eigenvalue weighted by molar-refractivity contribution is 6.37. The van der Waals surface area contributed by atoms with Gasteiger partial charge in [-0.15, -0.1) is 0 Å². The van der Waals surface area contributed by atoms with Crippen molar-refractivity contribution in [3.8, 4) is 0 Å². The van der Waals surface area contributed by atoms with Crippen LogP contribution in [0.5, 0.6) is 0 Å². The van der Waals surface area contributed by atoms with Gasteiger partial charge in [-0.05, 0) is 0 Å². The minimum Gasteiger partial charge on any atom is -0.463 e. The van der Waals surface area contributed by atoms with Gasteiger partial charge in [-0.3, -0.25) is 9.59 Å². The summed E-state index contributed by atoms with van der Waals surface area (Å²) in [5.41, 5.74) is 0. The zero-order valence-corrected chi connectivity index (χ0v) is 7.42. The van der Waals surface area contributed by atoms with Crippen LogP contribution in [0.3, 0.4) is 0 Å². The first kappa shape index (κ1) is 10.8. The van der Waals surface area contributed by atoms with E-state index in [2.05, 4.69) is 4.74 Å². The van der Waals surface area contributed by atoms with E-state index < -0.39 is 11.8 Å². The first-order valence-electron chi connectivity index (χ1n) is 3.63. The predicted molar refractivity (Wildman–Crippen MR) is 41.5 cm³/mol. The van der Waals surface area contributed by atoms with Crippen LogP contribution < -0.4 is 0 Å². The molecule has 0 aromatic heterocycles. The van der Waals surface area contributed by atoms with Crippen LogP contribution in [0, 0.1) is 5.92 Å². The lowest BCUT2D eigenvalue weighted by molar-refractivity contribution is -0.152. The molecule has 0 aliphatic rings. The van der Waals surface area contributed by atoms with Gasteiger partial charge in [-0.25, -0.2) is 4.79 Å². The molecule has 0 atom stereocenters. The molecular formula is C8H12O4. The number of hydrogen-bond donors (Lipinski definition) is 0. The molecule has 0 rings (SSSR count). The van der Waals surface area contributed by atoms with Gasteiger partial charge in [0.2, 0.25) is 5.78 Å². The fourth-order valence-electron chi connectivity index (χ4n) is 0.548. The van der Waals surface area contributed by atoms with Crippen molar-refractivity contribution in [2.45, 2.75) is 20.3 Å². The third-order valence-electron chi connectivity index (χ3n) is 1.39. The topological polar surface area (TPSA) is 60.4 Å². The van der Waals surface area contributed by atoms with Crippen LogP contribution in [0.1, 0.15) is 20.3 Å². The SMILES string of the molecule is COC(=O)C(=O)CC(=O)C(C)C. The number of methoxy groups -OCH3 is 1. The Labute approximate surface area is 70.9 Å². The highest BCUT2D eigenvalue weighted by Crippen LogP contribution is 1.99. The molecule has 0 N–H and O–H groups in total. The Balaban J connectivity index is 4.02. The Bertz CT molecular complexity index is 205. The number of Topliss-reactive ketones (excluding diaryl/α,β-unsaturated/α-hetero) is 2. The maximum absolute atomic E-state index is 10.9. The first-order chi connectivity index (χ1) is 5.49. The molecule has 0 radical (unpaired) electrons. The maximum atomic E-state index is 10.9. The summed E-state index contributed by atoms with van der Waals surface area (Å²) in [6.07, 6.45) is -0.357. The van der Waals surface area contributed by atoms with Crippen molar-refractivity contribution >= 4 is 17.5 Å². The third-order valence-corrected chi connectivity index (χ3v) is 1.39. The summed E-state index contributed by atoms with van der Waals surface area (Å²) in [5.74, 6) is -2.20. The molecule has 0 saturated carbocycles. The summed E-state index contributed by atoms with van der Waals surface area (Å²) in [6, 6.07) is 0. The van der Waals surface area contributed by atoms with Gasteiger partial charge in [0.25, 0.3) is 0 Å². The zero-order chi connectivity index (χ0) is 9.72. The molecule has 0 amide bonds. The molecule has 0 bridgehead atoms. The van der Waals surface area contributed by atoms with Crippen molar-refractivity contribution in [2.75, 3.05) is 7.11 Å². The van der Waals surface area contributed by atoms with Crippen molar-refractivity contribution in [2.24, 2.45) is 5.92 Å². The Morgan fingerprint density at radius 1 is 1.25 bits per heavy atom. The van der Waals surface area contributed by atoms with Crippen LogP contribution in [0.4, 0.5) is 0 Å². The largest absolute Gasteiger partial charge is 0.463 e. The molecule has 12 heavy (non-hydrogen) atoms. The molecule has 0 unspecified atom stereocenters. The van der Waals surface area contributed by atoms with Crippen LogP contribution in [0.15, 0.2) is 0 Å². The average Bonchev–Trinajstić information content (AvgIpc) is 2.02. The summed E-state index contributed by atoms with van der Waals surface area (Å²) in [6.45, 7) is 3.35. The number of hydrogen-bond acceptors (Lipinski definition) is 4. The van der Waals surface area contributed by atoms with Crippen molar-refractivity contribution in [1.29, 1.82) is 0 Å². The number of esters is 1. The van der Waals surface area contributed by atoms with Gasteiger partial charge >= 0.3 is 5.97 Å². The van der Waals surface area contributed by atoms with E-state index in [9.17, 15) is 14.4 Å². The quantitative estimate of drug-likeness (QED) is 0.348. The fraction of sp³-hybridized carbons (Fsp3) is 0.625. The van der Waals surface area contributed by atoms with E-state index in [-0.39, 0.29) is 18.1 Å². The number of ketones is 2. The van der Waals surface area contributed by atoms with Crippen LogP contribution in [0.2, 0.25) is 0 Å². The summed E-state index contributed by atoms with van der Waals surface area (Å²) >= 11 is 0. The second-order valence-corrected chi connectivity index (χ2v) is 2.71. The maximum Gasteiger partial charge on any atom is 0.374 e. The molecule has 4 nitrogen and oxygen atoms in total. The normalized spacial score (nSPS) is 9.67. The molecule has 0 aliphatic carbocycles. The smallest absolute Gasteiger partial charge is 0.374 e. The molecular weight excluding hydrogens is 160 g/mol. The van der Waals surface area contributed by atoms with Crippen LogP contribution >= 0.6 is 0 Å². The summed E-state index contributed by atoms with van der Waals surface area (Å²) < 4.78 is 4.15. The molecule has 0 saturated heterocycles. The van der Waals surface area contributed by atoms with E-state index >= 15 is 0 Å². The van der Waals surface area contributed by atoms with Gasteiger partial charge in [0.05, 0.1) is 13.5 Å². The van der Waals surface area contributed by atoms with E-state index in [1.807, 2.05) is 0 Å². The Morgan fingerprint density at radius 2 is 1.75 bits per heavy atom. The number of rotatable bonds is 4. The Hall–Kier alpha value is -1.19. The van der Waals surface area contributed by atoms with Crippen molar-refractivity contribution in [3.05, 3.63) is 0 Å². The number of carbonyl (C=O) groups excluding carboxylic acids is 3. The van der Waals surface area contributed by atoms with Crippen LogP contribution in [-0.4, -0.2) is 24.6 Å². The van der Waals surface area contributed by atoms with Gasteiger partial charge in [-0.2, -0.15) is 0 Å². The van der Waals surface area contributed by atoms with Crippen molar-refractivity contribution in [3.63, 3.8) is 0 Å². The lowest BCUT2D eigenvalue weighted by Gasteiger charge is -2.01. The summed E-state index contributed by atoms with van der Waals surface area (Å²) in [4.78, 5) is 32.3. The molecule has 0 aromatic carbocycles. The Kier molecular flexibility index (Phi) is 4.18. The molecule has 0 heterocycles. The average molecular weight is 172 g/mol. The molecule has 0 fully saturated rings. The van der Waals surface area contributed by atoms with Crippen molar-refractivity contribution in [1.82, 2.24) is 0 Å². The molecule has 4 heteroatoms. The second-order valence-electron chi connectivity index (χ2n) is 2.71. The molecule has 68 valence electrons. The molecule has 0 spiro atoms. The fourth-order valence-corrected chi connectivity index (χ4v) is 0.548. The van der Waals surface area contributed by atoms with E-state index in [0.717, 1.165) is 7.11 Å². The third kappa shape index (κ3) is 3.27. The number of ether oxygens (including phenoxy) is 1. The molecule has 0 aromatic rings. The van der Waals surface area contributed by atoms with E-state index in [0.29, 0.717) is 0 Å². The monoisotopic (exact) mass is 172 g/mol. The van der Waals surface area contributed by atoms with Crippen molar-refractivity contribution < 1.29 is 19.1 Å². The van der Waals surface area contributed by atoms with Gasteiger partial charge < -0.3 is 4.74 Å². The zero-order valence-electron chi connectivity index (χ0n) is 7.42. The van der Waals surface area contributed by atoms with Gasteiger partial charge in [0.15, 0.2) is 0 Å². The lowest BCUT2D eigenvalue weighted by atomic mass is 10.0. The van der Waals surface area contributed by atoms with Crippen LogP contribution in [0.25, 0.3) is 0 Å². The standard InChI is InChI=1S/C8H12O4/c1-5(2)6(9)4-7(10)8(11)12-3/h5H,4H2,1-3H3. The Morgan fingerprint density at radius 3 is 2.08 bits per heavy atom. The lowest BCUT2D eigenvalue weighted by Crippen LogP contribution is -2.21. The summed E-state index contributed by atoms with van der Waals surface area (Å²) in [7, 11) is 1.11. The van der Waals surface area contributed by atoms with Gasteiger partial charge in [0, 0.05) is 5.92 Å². The summed E-state index contributed by atoms with van der Waals surface area (Å²) in [5, 5.41) is 0. The highest BCUT2D eigenvalue weighted by Gasteiger charge is 2.19. The van der Waals surface area contributed by atoms with E-state index in [4.69, 9.17) is 0 Å². The predicted octanol–water partition coefficient (Wildman–Crippen LogP) is 0.344. The van der Waals surface area contributed by atoms with Crippen LogP contribution in [-0.2, 0) is 19.1 Å². The van der Waals surface area contributed by atoms with E-state index in [1.54, 1.807) is 13.8 Å². The van der Waals surface area contributed by atoms with E-state index in [1.165, 1.54) is 0 Å². The minimum absolute atomic E-state index is 0.224.